The number of amides is 1. The van der Waals surface area contributed by atoms with Gasteiger partial charge in [-0.25, -0.2) is 4.98 Å². The van der Waals surface area contributed by atoms with Gasteiger partial charge >= 0.3 is 0 Å². The highest BCUT2D eigenvalue weighted by atomic mass is 16.1. The van der Waals surface area contributed by atoms with E-state index in [4.69, 9.17) is 0 Å². The highest BCUT2D eigenvalue weighted by Crippen LogP contribution is 1.99. The number of rotatable bonds is 8. The van der Waals surface area contributed by atoms with E-state index >= 15 is 0 Å². The topological polar surface area (TPSA) is 59.0 Å². The Hall–Kier alpha value is -2.14. The molecule has 1 heterocycles. The van der Waals surface area contributed by atoms with Crippen molar-refractivity contribution in [2.45, 2.75) is 33.0 Å². The standard InChI is InChI=1S/C16H22N4O/c1-2-9-20-10-8-18-15(20)12-17-13-16(21)19-11-14-6-4-3-5-7-14/h3-8,10,17H,2,9,11-13H2,1H3,(H,19,21). The number of nitrogens with zero attached hydrogens (tertiary/aromatic N) is 2. The first-order valence-corrected chi connectivity index (χ1v) is 7.31. The van der Waals surface area contributed by atoms with Crippen LogP contribution in [0.15, 0.2) is 42.7 Å². The summed E-state index contributed by atoms with van der Waals surface area (Å²) in [4.78, 5) is 16.0. The fourth-order valence-electron chi connectivity index (χ4n) is 2.10. The number of imidazole rings is 1. The summed E-state index contributed by atoms with van der Waals surface area (Å²) in [6, 6.07) is 9.89. The van der Waals surface area contributed by atoms with Gasteiger partial charge in [0.2, 0.25) is 5.91 Å². The fraction of sp³-hybridized carbons (Fsp3) is 0.375. The van der Waals surface area contributed by atoms with Gasteiger partial charge in [-0.15, -0.1) is 0 Å². The van der Waals surface area contributed by atoms with Crippen LogP contribution in [0.5, 0.6) is 0 Å². The number of aryl methyl sites for hydroxylation is 1. The van der Waals surface area contributed by atoms with Gasteiger partial charge in [-0.05, 0) is 12.0 Å². The zero-order valence-electron chi connectivity index (χ0n) is 12.4. The third-order valence-corrected chi connectivity index (χ3v) is 3.17. The molecular weight excluding hydrogens is 264 g/mol. The maximum Gasteiger partial charge on any atom is 0.234 e. The Morgan fingerprint density at radius 2 is 2.05 bits per heavy atom. The van der Waals surface area contributed by atoms with E-state index in [0.717, 1.165) is 24.4 Å². The van der Waals surface area contributed by atoms with Gasteiger partial charge in [-0.1, -0.05) is 37.3 Å². The molecule has 1 aromatic carbocycles. The van der Waals surface area contributed by atoms with Gasteiger partial charge < -0.3 is 15.2 Å². The summed E-state index contributed by atoms with van der Waals surface area (Å²) in [6.45, 7) is 4.55. The second-order valence-corrected chi connectivity index (χ2v) is 4.90. The summed E-state index contributed by atoms with van der Waals surface area (Å²) >= 11 is 0. The lowest BCUT2D eigenvalue weighted by Crippen LogP contribution is -2.33. The molecule has 1 amide bonds. The van der Waals surface area contributed by atoms with Crippen LogP contribution in [0.3, 0.4) is 0 Å². The van der Waals surface area contributed by atoms with E-state index in [-0.39, 0.29) is 5.91 Å². The van der Waals surface area contributed by atoms with Gasteiger partial charge in [-0.3, -0.25) is 4.79 Å². The Kier molecular flexibility index (Phi) is 5.97. The lowest BCUT2D eigenvalue weighted by atomic mass is 10.2. The van der Waals surface area contributed by atoms with Crippen LogP contribution in [-0.2, 0) is 24.4 Å². The molecule has 2 rings (SSSR count). The third-order valence-electron chi connectivity index (χ3n) is 3.17. The second kappa shape index (κ2) is 8.21. The Bertz CT molecular complexity index is 550. The van der Waals surface area contributed by atoms with Crippen LogP contribution < -0.4 is 10.6 Å². The minimum Gasteiger partial charge on any atom is -0.351 e. The molecule has 0 saturated heterocycles. The number of hydrogen-bond acceptors (Lipinski definition) is 3. The van der Waals surface area contributed by atoms with E-state index in [9.17, 15) is 4.79 Å². The average molecular weight is 286 g/mol. The van der Waals surface area contributed by atoms with Crippen LogP contribution in [0.25, 0.3) is 0 Å². The van der Waals surface area contributed by atoms with Crippen LogP contribution in [-0.4, -0.2) is 22.0 Å². The van der Waals surface area contributed by atoms with Gasteiger partial charge in [0.15, 0.2) is 0 Å². The summed E-state index contributed by atoms with van der Waals surface area (Å²) in [7, 11) is 0. The molecule has 0 aliphatic carbocycles. The van der Waals surface area contributed by atoms with Crippen molar-refractivity contribution in [1.82, 2.24) is 20.2 Å². The minimum absolute atomic E-state index is 0.00699. The minimum atomic E-state index is -0.00699. The Balaban J connectivity index is 1.68. The predicted molar refractivity (Wildman–Crippen MR) is 82.5 cm³/mol. The lowest BCUT2D eigenvalue weighted by Gasteiger charge is -2.08. The first kappa shape index (κ1) is 15.3. The summed E-state index contributed by atoms with van der Waals surface area (Å²) in [5.41, 5.74) is 1.10. The zero-order chi connectivity index (χ0) is 14.9. The van der Waals surface area contributed by atoms with Crippen molar-refractivity contribution in [1.29, 1.82) is 0 Å². The highest BCUT2D eigenvalue weighted by molar-refractivity contribution is 5.77. The summed E-state index contributed by atoms with van der Waals surface area (Å²) in [5, 5.41) is 6.02. The van der Waals surface area contributed by atoms with Crippen molar-refractivity contribution in [2.24, 2.45) is 0 Å². The second-order valence-electron chi connectivity index (χ2n) is 4.90. The molecule has 0 aliphatic heterocycles. The molecule has 2 N–H and O–H groups in total. The normalized spacial score (nSPS) is 10.5. The van der Waals surface area contributed by atoms with Crippen LogP contribution in [0, 0.1) is 0 Å². The van der Waals surface area contributed by atoms with Crippen molar-refractivity contribution in [2.75, 3.05) is 6.54 Å². The Labute approximate surface area is 125 Å². The van der Waals surface area contributed by atoms with E-state index in [0.29, 0.717) is 19.6 Å². The monoisotopic (exact) mass is 286 g/mol. The SMILES string of the molecule is CCCn1ccnc1CNCC(=O)NCc1ccccc1. The van der Waals surface area contributed by atoms with Gasteiger partial charge in [0.25, 0.3) is 0 Å². The van der Waals surface area contributed by atoms with E-state index in [1.165, 1.54) is 0 Å². The van der Waals surface area contributed by atoms with E-state index < -0.39 is 0 Å². The predicted octanol–water partition coefficient (Wildman–Crippen LogP) is 1.70. The quantitative estimate of drug-likeness (QED) is 0.776. The molecule has 0 unspecified atom stereocenters. The maximum absolute atomic E-state index is 11.8. The van der Waals surface area contributed by atoms with Crippen LogP contribution >= 0.6 is 0 Å². The third kappa shape index (κ3) is 5.04. The number of hydrogen-bond donors (Lipinski definition) is 2. The molecule has 0 radical (unpaired) electrons. The van der Waals surface area contributed by atoms with E-state index in [1.807, 2.05) is 36.5 Å². The first-order chi connectivity index (χ1) is 10.3. The summed E-state index contributed by atoms with van der Waals surface area (Å²) in [5.74, 6) is 0.958. The van der Waals surface area contributed by atoms with Crippen molar-refractivity contribution in [3.63, 3.8) is 0 Å². The van der Waals surface area contributed by atoms with Crippen molar-refractivity contribution < 1.29 is 4.79 Å². The van der Waals surface area contributed by atoms with E-state index in [1.54, 1.807) is 6.20 Å². The molecule has 21 heavy (non-hydrogen) atoms. The van der Waals surface area contributed by atoms with Gasteiger partial charge in [0.1, 0.15) is 5.82 Å². The van der Waals surface area contributed by atoms with Crippen LogP contribution in [0.1, 0.15) is 24.7 Å². The van der Waals surface area contributed by atoms with Gasteiger partial charge in [-0.2, -0.15) is 0 Å². The molecule has 2 aromatic rings. The van der Waals surface area contributed by atoms with Crippen LogP contribution in [0.4, 0.5) is 0 Å². The summed E-state index contributed by atoms with van der Waals surface area (Å²) < 4.78 is 2.11. The average Bonchev–Trinajstić information content (AvgIpc) is 2.94. The van der Waals surface area contributed by atoms with Crippen molar-refractivity contribution in [3.05, 3.63) is 54.1 Å². The first-order valence-electron chi connectivity index (χ1n) is 7.31. The van der Waals surface area contributed by atoms with Crippen molar-refractivity contribution in [3.8, 4) is 0 Å². The molecule has 0 aliphatic rings. The molecule has 112 valence electrons. The Morgan fingerprint density at radius 3 is 2.81 bits per heavy atom. The number of benzene rings is 1. The van der Waals surface area contributed by atoms with Crippen molar-refractivity contribution >= 4 is 5.91 Å². The molecule has 0 bridgehead atoms. The van der Waals surface area contributed by atoms with Crippen LogP contribution in [0.2, 0.25) is 0 Å². The number of carbonyl (C=O) groups is 1. The van der Waals surface area contributed by atoms with E-state index in [2.05, 4.69) is 27.1 Å². The molecule has 1 aromatic heterocycles. The van der Waals surface area contributed by atoms with Gasteiger partial charge in [0, 0.05) is 25.5 Å². The smallest absolute Gasteiger partial charge is 0.234 e. The maximum atomic E-state index is 11.8. The molecule has 0 spiro atoms. The van der Waals surface area contributed by atoms with Gasteiger partial charge in [0.05, 0.1) is 13.1 Å². The number of nitrogens with one attached hydrogen (secondary N) is 2. The largest absolute Gasteiger partial charge is 0.351 e. The summed E-state index contributed by atoms with van der Waals surface area (Å²) in [6.07, 6.45) is 4.83. The Morgan fingerprint density at radius 1 is 1.24 bits per heavy atom. The molecule has 5 heteroatoms. The zero-order valence-corrected chi connectivity index (χ0v) is 12.4. The molecule has 0 saturated carbocycles. The molecular formula is C16H22N4O. The number of aromatic nitrogens is 2. The number of carbonyl (C=O) groups excluding carboxylic acids is 1. The fourth-order valence-corrected chi connectivity index (χ4v) is 2.10. The molecule has 5 nitrogen and oxygen atoms in total. The highest BCUT2D eigenvalue weighted by Gasteiger charge is 2.04. The molecule has 0 fully saturated rings. The lowest BCUT2D eigenvalue weighted by molar-refractivity contribution is -0.120. The molecule has 0 atom stereocenters.